The highest BCUT2D eigenvalue weighted by Crippen LogP contribution is 2.37. The molecule has 1 heterocycles. The molecule has 2 N–H and O–H groups in total. The van der Waals surface area contributed by atoms with Crippen molar-refractivity contribution in [2.45, 2.75) is 32.4 Å². The van der Waals surface area contributed by atoms with E-state index in [-0.39, 0.29) is 11.4 Å². The van der Waals surface area contributed by atoms with E-state index in [1.807, 2.05) is 0 Å². The van der Waals surface area contributed by atoms with Crippen molar-refractivity contribution in [1.82, 2.24) is 0 Å². The van der Waals surface area contributed by atoms with Crippen LogP contribution in [0.2, 0.25) is 0 Å². The summed E-state index contributed by atoms with van der Waals surface area (Å²) in [6.45, 7) is 4.18. The van der Waals surface area contributed by atoms with E-state index in [0.29, 0.717) is 0 Å². The molecule has 1 aromatic carbocycles. The van der Waals surface area contributed by atoms with E-state index in [1.54, 1.807) is 0 Å². The minimum atomic E-state index is -1.58. The van der Waals surface area contributed by atoms with Crippen LogP contribution >= 0.6 is 0 Å². The molecule has 7 heteroatoms. The third kappa shape index (κ3) is 1.99. The Hall–Kier alpha value is -2.18. The number of fused-ring (bicyclic) bond motifs is 1. The van der Waals surface area contributed by atoms with Crippen molar-refractivity contribution in [3.8, 4) is 0 Å². The molecular weight excluding hydrogens is 270 g/mol. The van der Waals surface area contributed by atoms with Crippen LogP contribution in [0.3, 0.4) is 0 Å². The molecule has 5 nitrogen and oxygen atoms in total. The van der Waals surface area contributed by atoms with Crippen molar-refractivity contribution in [2.24, 2.45) is 0 Å². The van der Waals surface area contributed by atoms with Crippen LogP contribution in [-0.4, -0.2) is 28.6 Å². The van der Waals surface area contributed by atoms with Crippen molar-refractivity contribution in [3.63, 3.8) is 0 Å². The minimum absolute atomic E-state index is 0.0133. The Labute approximate surface area is 114 Å². The highest BCUT2D eigenvalue weighted by molar-refractivity contribution is 6.09. The Kier molecular flexibility index (Phi) is 3.15. The minimum Gasteiger partial charge on any atom is -0.480 e. The number of amides is 1. The summed E-state index contributed by atoms with van der Waals surface area (Å²) < 4.78 is 26.7. The first-order chi connectivity index (χ1) is 9.16. The molecule has 0 saturated heterocycles. The average Bonchev–Trinajstić information content (AvgIpc) is 2.33. The summed E-state index contributed by atoms with van der Waals surface area (Å²) in [4.78, 5) is 24.6. The van der Waals surface area contributed by atoms with Gasteiger partial charge >= 0.3 is 5.97 Å². The number of carbonyl (C=O) groups is 2. The Balaban J connectivity index is 2.66. The first-order valence-electron chi connectivity index (χ1n) is 5.99. The molecule has 0 saturated carbocycles. The number of carboxylic acid groups (broad SMARTS) is 1. The van der Waals surface area contributed by atoms with Gasteiger partial charge in [-0.15, -0.1) is 0 Å². The van der Waals surface area contributed by atoms with Crippen LogP contribution in [0.15, 0.2) is 12.1 Å². The highest BCUT2D eigenvalue weighted by atomic mass is 19.2. The lowest BCUT2D eigenvalue weighted by atomic mass is 9.97. The topological polar surface area (TPSA) is 69.6 Å². The number of halogens is 2. The molecule has 0 radical (unpaired) electrons. The van der Waals surface area contributed by atoms with Crippen molar-refractivity contribution < 1.29 is 23.5 Å². The summed E-state index contributed by atoms with van der Waals surface area (Å²) in [5.41, 5.74) is -1.38. The fraction of sp³-hybridized carbons (Fsp3) is 0.385. The molecule has 0 fully saturated rings. The zero-order valence-corrected chi connectivity index (χ0v) is 11.2. The molecule has 0 aliphatic carbocycles. The first kappa shape index (κ1) is 14.2. The smallest absolute Gasteiger partial charge is 0.329 e. The van der Waals surface area contributed by atoms with Crippen molar-refractivity contribution in [3.05, 3.63) is 23.8 Å². The third-order valence-electron chi connectivity index (χ3n) is 3.32. The van der Waals surface area contributed by atoms with E-state index in [1.165, 1.54) is 20.8 Å². The van der Waals surface area contributed by atoms with Crippen LogP contribution in [0.5, 0.6) is 0 Å². The van der Waals surface area contributed by atoms with Gasteiger partial charge in [0.2, 0.25) is 5.91 Å². The summed E-state index contributed by atoms with van der Waals surface area (Å²) in [6, 6.07) is 1.01. The van der Waals surface area contributed by atoms with Gasteiger partial charge in [0.15, 0.2) is 11.6 Å². The monoisotopic (exact) mass is 284 g/mol. The standard InChI is InChI=1S/C13H14F2N2O3/c1-6-11(18)17(13(2,3)12(19)20)10-5-8(15)7(14)4-9(10)16-6/h4-6,16H,1-3H3,(H,19,20). The van der Waals surface area contributed by atoms with E-state index >= 15 is 0 Å². The fourth-order valence-corrected chi connectivity index (χ4v) is 2.12. The van der Waals surface area contributed by atoms with Crippen LogP contribution < -0.4 is 10.2 Å². The number of rotatable bonds is 2. The zero-order chi connectivity index (χ0) is 15.2. The Morgan fingerprint density at radius 2 is 1.90 bits per heavy atom. The predicted molar refractivity (Wildman–Crippen MR) is 68.6 cm³/mol. The van der Waals surface area contributed by atoms with Gasteiger partial charge in [0, 0.05) is 12.1 Å². The zero-order valence-electron chi connectivity index (χ0n) is 11.2. The molecule has 0 spiro atoms. The molecule has 108 valence electrons. The largest absolute Gasteiger partial charge is 0.480 e. The highest BCUT2D eigenvalue weighted by Gasteiger charge is 2.44. The predicted octanol–water partition coefficient (Wildman–Crippen LogP) is 1.97. The van der Waals surface area contributed by atoms with Crippen LogP contribution in [0, 0.1) is 11.6 Å². The van der Waals surface area contributed by atoms with Gasteiger partial charge in [-0.1, -0.05) is 0 Å². The molecule has 1 amide bonds. The van der Waals surface area contributed by atoms with Gasteiger partial charge in [0.25, 0.3) is 0 Å². The number of anilines is 2. The molecule has 1 aliphatic heterocycles. The van der Waals surface area contributed by atoms with Gasteiger partial charge in [-0.2, -0.15) is 0 Å². The second kappa shape index (κ2) is 4.43. The molecule has 0 aromatic heterocycles. The van der Waals surface area contributed by atoms with E-state index in [2.05, 4.69) is 5.32 Å². The summed E-state index contributed by atoms with van der Waals surface area (Å²) in [5, 5.41) is 12.0. The fourth-order valence-electron chi connectivity index (χ4n) is 2.12. The average molecular weight is 284 g/mol. The number of nitrogens with zero attached hydrogens (tertiary/aromatic N) is 1. The van der Waals surface area contributed by atoms with Crippen LogP contribution in [-0.2, 0) is 9.59 Å². The van der Waals surface area contributed by atoms with E-state index in [0.717, 1.165) is 17.0 Å². The number of hydrogen-bond acceptors (Lipinski definition) is 3. The van der Waals surface area contributed by atoms with Gasteiger partial charge in [-0.3, -0.25) is 9.69 Å². The third-order valence-corrected chi connectivity index (χ3v) is 3.32. The number of carbonyl (C=O) groups excluding carboxylic acids is 1. The second-order valence-electron chi connectivity index (χ2n) is 5.19. The van der Waals surface area contributed by atoms with Crippen molar-refractivity contribution >= 4 is 23.3 Å². The van der Waals surface area contributed by atoms with Crippen molar-refractivity contribution in [1.29, 1.82) is 0 Å². The second-order valence-corrected chi connectivity index (χ2v) is 5.19. The quantitative estimate of drug-likeness (QED) is 0.871. The molecule has 1 aliphatic rings. The summed E-state index contributed by atoms with van der Waals surface area (Å²) >= 11 is 0. The Bertz CT molecular complexity index is 602. The normalized spacial score (nSPS) is 18.6. The molecule has 2 rings (SSSR count). The Morgan fingerprint density at radius 3 is 2.45 bits per heavy atom. The molecule has 1 unspecified atom stereocenters. The summed E-state index contributed by atoms with van der Waals surface area (Å²) in [7, 11) is 0. The van der Waals surface area contributed by atoms with Gasteiger partial charge in [0.05, 0.1) is 11.4 Å². The molecule has 20 heavy (non-hydrogen) atoms. The summed E-state index contributed by atoms with van der Waals surface area (Å²) in [6.07, 6.45) is 0. The first-order valence-corrected chi connectivity index (χ1v) is 5.99. The maximum atomic E-state index is 13.4. The molecule has 1 aromatic rings. The lowest BCUT2D eigenvalue weighted by Gasteiger charge is -2.41. The van der Waals surface area contributed by atoms with Crippen LogP contribution in [0.1, 0.15) is 20.8 Å². The lowest BCUT2D eigenvalue weighted by molar-refractivity contribution is -0.144. The lowest BCUT2D eigenvalue weighted by Crippen LogP contribution is -2.59. The van der Waals surface area contributed by atoms with Gasteiger partial charge in [-0.25, -0.2) is 13.6 Å². The number of carboxylic acids is 1. The van der Waals surface area contributed by atoms with E-state index < -0.39 is 35.1 Å². The van der Waals surface area contributed by atoms with Crippen LogP contribution in [0.25, 0.3) is 0 Å². The molecular formula is C13H14F2N2O3. The maximum absolute atomic E-state index is 13.4. The number of nitrogens with one attached hydrogen (secondary N) is 1. The van der Waals surface area contributed by atoms with Gasteiger partial charge < -0.3 is 10.4 Å². The number of benzene rings is 1. The van der Waals surface area contributed by atoms with Crippen molar-refractivity contribution in [2.75, 3.05) is 10.2 Å². The van der Waals surface area contributed by atoms with Gasteiger partial charge in [-0.05, 0) is 20.8 Å². The number of aliphatic carboxylic acids is 1. The van der Waals surface area contributed by atoms with E-state index in [4.69, 9.17) is 0 Å². The number of hydrogen-bond donors (Lipinski definition) is 2. The Morgan fingerprint density at radius 1 is 1.35 bits per heavy atom. The SMILES string of the molecule is CC1Nc2cc(F)c(F)cc2N(C(C)(C)C(=O)O)C1=O. The van der Waals surface area contributed by atoms with Crippen LogP contribution in [0.4, 0.5) is 20.2 Å². The molecule has 0 bridgehead atoms. The van der Waals surface area contributed by atoms with E-state index in [9.17, 15) is 23.5 Å². The maximum Gasteiger partial charge on any atom is 0.329 e. The van der Waals surface area contributed by atoms with Gasteiger partial charge in [0.1, 0.15) is 11.6 Å². The molecule has 1 atom stereocenters. The summed E-state index contributed by atoms with van der Waals surface area (Å²) in [5.74, 6) is -3.96.